The molecule has 1 amide bonds. The summed E-state index contributed by atoms with van der Waals surface area (Å²) in [6, 6.07) is 11.9. The molecule has 0 spiro atoms. The third-order valence-corrected chi connectivity index (χ3v) is 3.17. The average molecular weight is 304 g/mol. The first kappa shape index (κ1) is 15.1. The zero-order chi connectivity index (χ0) is 15.4. The molecule has 0 saturated carbocycles. The summed E-state index contributed by atoms with van der Waals surface area (Å²) >= 11 is 5.84. The van der Waals surface area contributed by atoms with Crippen LogP contribution in [-0.4, -0.2) is 17.0 Å². The molecule has 0 aromatic heterocycles. The molecule has 0 aliphatic heterocycles. The van der Waals surface area contributed by atoms with Gasteiger partial charge in [-0.3, -0.25) is 4.79 Å². The lowest BCUT2D eigenvalue weighted by molar-refractivity contribution is -0.115. The number of benzene rings is 2. The maximum atomic E-state index is 12.0. The smallest absolute Gasteiger partial charge is 0.337 e. The summed E-state index contributed by atoms with van der Waals surface area (Å²) in [5.74, 6) is -1.40. The number of nitrogens with one attached hydrogen (secondary N) is 1. The second-order valence-electron chi connectivity index (χ2n) is 4.71. The third-order valence-electron chi connectivity index (χ3n) is 2.93. The number of aromatic carboxylic acids is 1. The predicted octanol–water partition coefficient (Wildman–Crippen LogP) is 3.53. The maximum absolute atomic E-state index is 12.0. The third kappa shape index (κ3) is 4.07. The number of carbonyl (C=O) groups excluding carboxylic acids is 1. The largest absolute Gasteiger partial charge is 0.478 e. The number of carboxylic acids is 1. The Hall–Kier alpha value is -2.33. The van der Waals surface area contributed by atoms with E-state index in [1.807, 2.05) is 31.2 Å². The van der Waals surface area contributed by atoms with Gasteiger partial charge in [-0.05, 0) is 30.7 Å². The van der Waals surface area contributed by atoms with E-state index in [1.54, 1.807) is 0 Å². The van der Waals surface area contributed by atoms with Gasteiger partial charge in [-0.1, -0.05) is 41.4 Å². The van der Waals surface area contributed by atoms with Crippen LogP contribution in [0.25, 0.3) is 0 Å². The minimum atomic E-state index is -1.11. The van der Waals surface area contributed by atoms with Crippen molar-refractivity contribution < 1.29 is 14.7 Å². The molecule has 2 rings (SSSR count). The van der Waals surface area contributed by atoms with Gasteiger partial charge < -0.3 is 10.4 Å². The Balaban J connectivity index is 2.16. The molecule has 2 aromatic carbocycles. The summed E-state index contributed by atoms with van der Waals surface area (Å²) in [5.41, 5.74) is 2.14. The van der Waals surface area contributed by atoms with Crippen molar-refractivity contribution in [1.82, 2.24) is 0 Å². The molecule has 5 heteroatoms. The fourth-order valence-corrected chi connectivity index (χ4v) is 2.18. The molecule has 0 atom stereocenters. The van der Waals surface area contributed by atoms with Gasteiger partial charge >= 0.3 is 5.97 Å². The van der Waals surface area contributed by atoms with Crippen molar-refractivity contribution >= 4 is 29.2 Å². The van der Waals surface area contributed by atoms with Crippen LogP contribution in [0.4, 0.5) is 5.69 Å². The highest BCUT2D eigenvalue weighted by atomic mass is 35.5. The Morgan fingerprint density at radius 3 is 2.62 bits per heavy atom. The average Bonchev–Trinajstić information content (AvgIpc) is 2.38. The molecule has 2 aromatic rings. The molecule has 0 fully saturated rings. The van der Waals surface area contributed by atoms with Crippen molar-refractivity contribution in [2.45, 2.75) is 13.3 Å². The molecule has 0 unspecified atom stereocenters. The molecule has 0 saturated heterocycles. The first-order valence-electron chi connectivity index (χ1n) is 6.34. The number of carboxylic acid groups (broad SMARTS) is 1. The van der Waals surface area contributed by atoms with Gasteiger partial charge in [0, 0.05) is 5.02 Å². The van der Waals surface area contributed by atoms with E-state index in [4.69, 9.17) is 16.7 Å². The number of halogens is 1. The molecule has 0 bridgehead atoms. The van der Waals surface area contributed by atoms with Crippen LogP contribution in [0.3, 0.4) is 0 Å². The molecular formula is C16H14ClNO3. The SMILES string of the molecule is Cc1cccc(CC(=O)Nc2cc(Cl)ccc2C(=O)O)c1. The van der Waals surface area contributed by atoms with Gasteiger partial charge in [-0.25, -0.2) is 4.79 Å². The van der Waals surface area contributed by atoms with Crippen LogP contribution in [0, 0.1) is 6.92 Å². The molecule has 0 heterocycles. The number of hydrogen-bond acceptors (Lipinski definition) is 2. The van der Waals surface area contributed by atoms with E-state index in [1.165, 1.54) is 18.2 Å². The normalized spacial score (nSPS) is 10.2. The zero-order valence-electron chi connectivity index (χ0n) is 11.4. The fourth-order valence-electron chi connectivity index (χ4n) is 2.01. The van der Waals surface area contributed by atoms with E-state index < -0.39 is 5.97 Å². The number of rotatable bonds is 4. The van der Waals surface area contributed by atoms with E-state index in [0.29, 0.717) is 5.02 Å². The van der Waals surface area contributed by atoms with Gasteiger partial charge in [0.25, 0.3) is 0 Å². The second kappa shape index (κ2) is 6.41. The van der Waals surface area contributed by atoms with Crippen molar-refractivity contribution in [3.05, 3.63) is 64.2 Å². The molecule has 0 aliphatic carbocycles. The fraction of sp³-hybridized carbons (Fsp3) is 0.125. The minimum absolute atomic E-state index is 0.0111. The van der Waals surface area contributed by atoms with E-state index in [2.05, 4.69) is 5.32 Å². The lowest BCUT2D eigenvalue weighted by atomic mass is 10.1. The van der Waals surface area contributed by atoms with Crippen LogP contribution >= 0.6 is 11.6 Å². The Morgan fingerprint density at radius 1 is 1.19 bits per heavy atom. The highest BCUT2D eigenvalue weighted by Crippen LogP contribution is 2.21. The summed E-state index contributed by atoms with van der Waals surface area (Å²) in [4.78, 5) is 23.2. The van der Waals surface area contributed by atoms with Crippen LogP contribution in [0.2, 0.25) is 5.02 Å². The molecule has 2 N–H and O–H groups in total. The van der Waals surface area contributed by atoms with Crippen LogP contribution in [0.5, 0.6) is 0 Å². The van der Waals surface area contributed by atoms with Crippen LogP contribution in [0.1, 0.15) is 21.5 Å². The van der Waals surface area contributed by atoms with Gasteiger partial charge in [0.1, 0.15) is 0 Å². The lowest BCUT2D eigenvalue weighted by Gasteiger charge is -2.09. The Morgan fingerprint density at radius 2 is 1.95 bits per heavy atom. The number of anilines is 1. The van der Waals surface area contributed by atoms with Crippen molar-refractivity contribution in [2.24, 2.45) is 0 Å². The summed E-state index contributed by atoms with van der Waals surface area (Å²) < 4.78 is 0. The topological polar surface area (TPSA) is 66.4 Å². The Labute approximate surface area is 127 Å². The monoisotopic (exact) mass is 303 g/mol. The predicted molar refractivity (Wildman–Crippen MR) is 81.9 cm³/mol. The maximum Gasteiger partial charge on any atom is 0.337 e. The lowest BCUT2D eigenvalue weighted by Crippen LogP contribution is -2.16. The molecule has 108 valence electrons. The minimum Gasteiger partial charge on any atom is -0.478 e. The Bertz CT molecular complexity index is 698. The van der Waals surface area contributed by atoms with Gasteiger partial charge in [-0.15, -0.1) is 0 Å². The Kier molecular flexibility index (Phi) is 4.60. The van der Waals surface area contributed by atoms with Crippen LogP contribution < -0.4 is 5.32 Å². The van der Waals surface area contributed by atoms with E-state index in [0.717, 1.165) is 11.1 Å². The first-order valence-corrected chi connectivity index (χ1v) is 6.72. The molecule has 0 aliphatic rings. The van der Waals surface area contributed by atoms with E-state index in [9.17, 15) is 9.59 Å². The van der Waals surface area contributed by atoms with Gasteiger partial charge in [0.15, 0.2) is 0 Å². The number of amides is 1. The van der Waals surface area contributed by atoms with Crippen molar-refractivity contribution in [1.29, 1.82) is 0 Å². The molecule has 0 radical (unpaired) electrons. The van der Waals surface area contributed by atoms with E-state index >= 15 is 0 Å². The summed E-state index contributed by atoms with van der Waals surface area (Å²) in [7, 11) is 0. The summed E-state index contributed by atoms with van der Waals surface area (Å²) in [6.07, 6.45) is 0.174. The highest BCUT2D eigenvalue weighted by Gasteiger charge is 2.13. The molecular weight excluding hydrogens is 290 g/mol. The summed E-state index contributed by atoms with van der Waals surface area (Å²) in [5, 5.41) is 12.1. The van der Waals surface area contributed by atoms with Gasteiger partial charge in [0.05, 0.1) is 17.7 Å². The van der Waals surface area contributed by atoms with Gasteiger partial charge in [0.2, 0.25) is 5.91 Å². The first-order chi connectivity index (χ1) is 9.95. The van der Waals surface area contributed by atoms with Crippen molar-refractivity contribution in [2.75, 3.05) is 5.32 Å². The molecule has 21 heavy (non-hydrogen) atoms. The quantitative estimate of drug-likeness (QED) is 0.908. The van der Waals surface area contributed by atoms with Crippen LogP contribution in [-0.2, 0) is 11.2 Å². The summed E-state index contributed by atoms with van der Waals surface area (Å²) in [6.45, 7) is 1.95. The van der Waals surface area contributed by atoms with Crippen molar-refractivity contribution in [3.8, 4) is 0 Å². The second-order valence-corrected chi connectivity index (χ2v) is 5.15. The molecule has 4 nitrogen and oxygen atoms in total. The highest BCUT2D eigenvalue weighted by molar-refractivity contribution is 6.31. The number of carbonyl (C=O) groups is 2. The number of aryl methyl sites for hydroxylation is 1. The standard InChI is InChI=1S/C16H14ClNO3/c1-10-3-2-4-11(7-10)8-15(19)18-14-9-12(17)5-6-13(14)16(20)21/h2-7,9H,8H2,1H3,(H,18,19)(H,20,21). The zero-order valence-corrected chi connectivity index (χ0v) is 12.1. The van der Waals surface area contributed by atoms with E-state index in [-0.39, 0.29) is 23.6 Å². The van der Waals surface area contributed by atoms with Crippen LogP contribution in [0.15, 0.2) is 42.5 Å². The van der Waals surface area contributed by atoms with Crippen molar-refractivity contribution in [3.63, 3.8) is 0 Å². The van der Waals surface area contributed by atoms with Gasteiger partial charge in [-0.2, -0.15) is 0 Å². The number of hydrogen-bond donors (Lipinski definition) is 2.